The van der Waals surface area contributed by atoms with Gasteiger partial charge in [0.05, 0.1) is 13.0 Å². The predicted molar refractivity (Wildman–Crippen MR) is 68.8 cm³/mol. The SMILES string of the molecule is CCOC(=O)C[C@H]1Cc2c(Cl)cc(Cl)cc2N1. The van der Waals surface area contributed by atoms with Crippen LogP contribution in [0.15, 0.2) is 12.1 Å². The summed E-state index contributed by atoms with van der Waals surface area (Å²) in [6.45, 7) is 2.20. The van der Waals surface area contributed by atoms with Crippen LogP contribution in [0, 0.1) is 0 Å². The summed E-state index contributed by atoms with van der Waals surface area (Å²) in [4.78, 5) is 11.4. The molecule has 92 valence electrons. The highest BCUT2D eigenvalue weighted by Crippen LogP contribution is 2.35. The summed E-state index contributed by atoms with van der Waals surface area (Å²) in [5.41, 5.74) is 1.93. The smallest absolute Gasteiger partial charge is 0.307 e. The normalized spacial score (nSPS) is 17.5. The van der Waals surface area contributed by atoms with Crippen molar-refractivity contribution in [3.8, 4) is 0 Å². The fraction of sp³-hybridized carbons (Fsp3) is 0.417. The number of fused-ring (bicyclic) bond motifs is 1. The van der Waals surface area contributed by atoms with Crippen molar-refractivity contribution in [3.63, 3.8) is 0 Å². The molecule has 1 atom stereocenters. The van der Waals surface area contributed by atoms with Crippen LogP contribution in [0.3, 0.4) is 0 Å². The van der Waals surface area contributed by atoms with Gasteiger partial charge in [-0.25, -0.2) is 0 Å². The largest absolute Gasteiger partial charge is 0.466 e. The van der Waals surface area contributed by atoms with Gasteiger partial charge in [0.25, 0.3) is 0 Å². The number of ether oxygens (including phenoxy) is 1. The molecule has 5 heteroatoms. The van der Waals surface area contributed by atoms with Gasteiger partial charge in [0, 0.05) is 21.8 Å². The third-order valence-corrected chi connectivity index (χ3v) is 3.24. The van der Waals surface area contributed by atoms with E-state index in [1.807, 2.05) is 6.07 Å². The van der Waals surface area contributed by atoms with E-state index >= 15 is 0 Å². The highest BCUT2D eigenvalue weighted by molar-refractivity contribution is 6.35. The van der Waals surface area contributed by atoms with Gasteiger partial charge in [0.2, 0.25) is 0 Å². The second-order valence-corrected chi connectivity index (χ2v) is 4.81. The predicted octanol–water partition coefficient (Wildman–Crippen LogP) is 3.28. The number of esters is 1. The zero-order valence-corrected chi connectivity index (χ0v) is 10.9. The van der Waals surface area contributed by atoms with Crippen molar-refractivity contribution in [2.45, 2.75) is 25.8 Å². The van der Waals surface area contributed by atoms with Crippen LogP contribution in [-0.2, 0) is 16.0 Å². The Hall–Kier alpha value is -0.930. The minimum absolute atomic E-state index is 0.0417. The Kier molecular flexibility index (Phi) is 3.79. The van der Waals surface area contributed by atoms with Crippen molar-refractivity contribution in [1.29, 1.82) is 0 Å². The van der Waals surface area contributed by atoms with Gasteiger partial charge in [-0.1, -0.05) is 23.2 Å². The Bertz CT molecular complexity index is 448. The first-order valence-electron chi connectivity index (χ1n) is 5.50. The van der Waals surface area contributed by atoms with Crippen LogP contribution in [0.4, 0.5) is 5.69 Å². The van der Waals surface area contributed by atoms with Gasteiger partial charge in [-0.3, -0.25) is 4.79 Å². The summed E-state index contributed by atoms with van der Waals surface area (Å²) in [7, 11) is 0. The molecule has 0 aromatic heterocycles. The lowest BCUT2D eigenvalue weighted by molar-refractivity contribution is -0.143. The van der Waals surface area contributed by atoms with Crippen molar-refractivity contribution in [2.75, 3.05) is 11.9 Å². The van der Waals surface area contributed by atoms with Crippen LogP contribution in [0.5, 0.6) is 0 Å². The van der Waals surface area contributed by atoms with Crippen molar-refractivity contribution >= 4 is 34.9 Å². The topological polar surface area (TPSA) is 38.3 Å². The van der Waals surface area contributed by atoms with E-state index in [9.17, 15) is 4.79 Å². The maximum atomic E-state index is 11.4. The minimum atomic E-state index is -0.194. The van der Waals surface area contributed by atoms with Gasteiger partial charge in [0.1, 0.15) is 0 Å². The fourth-order valence-corrected chi connectivity index (χ4v) is 2.57. The van der Waals surface area contributed by atoms with E-state index in [2.05, 4.69) is 5.32 Å². The molecule has 1 aliphatic rings. The van der Waals surface area contributed by atoms with Gasteiger partial charge < -0.3 is 10.1 Å². The van der Waals surface area contributed by atoms with Gasteiger partial charge in [-0.2, -0.15) is 0 Å². The van der Waals surface area contributed by atoms with Crippen molar-refractivity contribution in [2.24, 2.45) is 0 Å². The van der Waals surface area contributed by atoms with Gasteiger partial charge in [0.15, 0.2) is 0 Å². The molecule has 0 radical (unpaired) electrons. The summed E-state index contributed by atoms with van der Waals surface area (Å²) in [6, 6.07) is 3.59. The number of anilines is 1. The summed E-state index contributed by atoms with van der Waals surface area (Å²) in [5, 5.41) is 4.48. The minimum Gasteiger partial charge on any atom is -0.466 e. The fourth-order valence-electron chi connectivity index (χ4n) is 2.00. The molecule has 0 unspecified atom stereocenters. The van der Waals surface area contributed by atoms with Crippen LogP contribution < -0.4 is 5.32 Å². The molecular formula is C12H13Cl2NO2. The Labute approximate surface area is 110 Å². The number of benzene rings is 1. The first kappa shape index (κ1) is 12.5. The van der Waals surface area contributed by atoms with Crippen molar-refractivity contribution in [3.05, 3.63) is 27.7 Å². The second kappa shape index (κ2) is 5.15. The van der Waals surface area contributed by atoms with Crippen molar-refractivity contribution < 1.29 is 9.53 Å². The first-order valence-corrected chi connectivity index (χ1v) is 6.25. The molecule has 1 aromatic carbocycles. The number of hydrogen-bond donors (Lipinski definition) is 1. The van der Waals surface area contributed by atoms with Crippen LogP contribution in [0.25, 0.3) is 0 Å². The van der Waals surface area contributed by atoms with Gasteiger partial charge in [-0.05, 0) is 31.0 Å². The van der Waals surface area contributed by atoms with Crippen LogP contribution in [-0.4, -0.2) is 18.6 Å². The Morgan fingerprint density at radius 1 is 1.53 bits per heavy atom. The summed E-state index contributed by atoms with van der Waals surface area (Å²) < 4.78 is 4.92. The van der Waals surface area contributed by atoms with Crippen LogP contribution in [0.1, 0.15) is 18.9 Å². The quantitative estimate of drug-likeness (QED) is 0.859. The second-order valence-electron chi connectivity index (χ2n) is 3.97. The highest BCUT2D eigenvalue weighted by Gasteiger charge is 2.25. The average Bonchev–Trinajstić information content (AvgIpc) is 2.60. The molecule has 0 saturated carbocycles. The number of carbonyl (C=O) groups is 1. The molecule has 0 bridgehead atoms. The van der Waals surface area contributed by atoms with E-state index in [1.165, 1.54) is 0 Å². The molecule has 1 N–H and O–H groups in total. The molecular weight excluding hydrogens is 261 g/mol. The lowest BCUT2D eigenvalue weighted by Gasteiger charge is -2.09. The number of nitrogens with one attached hydrogen (secondary N) is 1. The molecule has 2 rings (SSSR count). The number of rotatable bonds is 3. The standard InChI is InChI=1S/C12H13Cl2NO2/c1-2-17-12(16)6-8-5-9-10(14)3-7(13)4-11(9)15-8/h3-4,8,15H,2,5-6H2,1H3/t8-/m1/s1. The molecule has 0 aliphatic carbocycles. The number of halogens is 2. The highest BCUT2D eigenvalue weighted by atomic mass is 35.5. The number of hydrogen-bond acceptors (Lipinski definition) is 3. The van der Waals surface area contributed by atoms with E-state index in [-0.39, 0.29) is 12.0 Å². The van der Waals surface area contributed by atoms with Crippen LogP contribution >= 0.6 is 23.2 Å². The molecule has 0 amide bonds. The number of carbonyl (C=O) groups excluding carboxylic acids is 1. The summed E-state index contributed by atoms with van der Waals surface area (Å²) in [5.74, 6) is -0.194. The Balaban J connectivity index is 2.06. The van der Waals surface area contributed by atoms with Crippen molar-refractivity contribution in [1.82, 2.24) is 0 Å². The monoisotopic (exact) mass is 273 g/mol. The van der Waals surface area contributed by atoms with E-state index in [1.54, 1.807) is 13.0 Å². The maximum Gasteiger partial charge on any atom is 0.307 e. The van der Waals surface area contributed by atoms with E-state index < -0.39 is 0 Å². The maximum absolute atomic E-state index is 11.4. The van der Waals surface area contributed by atoms with Gasteiger partial charge in [-0.15, -0.1) is 0 Å². The Morgan fingerprint density at radius 3 is 3.00 bits per heavy atom. The Morgan fingerprint density at radius 2 is 2.29 bits per heavy atom. The summed E-state index contributed by atoms with van der Waals surface area (Å²) >= 11 is 12.0. The molecule has 1 aliphatic heterocycles. The average molecular weight is 274 g/mol. The third-order valence-electron chi connectivity index (χ3n) is 2.69. The molecule has 0 fully saturated rings. The van der Waals surface area contributed by atoms with Crippen LogP contribution in [0.2, 0.25) is 10.0 Å². The lowest BCUT2D eigenvalue weighted by Crippen LogP contribution is -2.21. The zero-order valence-electron chi connectivity index (χ0n) is 9.43. The molecule has 1 heterocycles. The molecule has 0 saturated heterocycles. The van der Waals surface area contributed by atoms with E-state index in [0.29, 0.717) is 23.1 Å². The molecule has 1 aromatic rings. The molecule has 0 spiro atoms. The molecule has 17 heavy (non-hydrogen) atoms. The zero-order chi connectivity index (χ0) is 12.4. The van der Waals surface area contributed by atoms with Gasteiger partial charge >= 0.3 is 5.97 Å². The molecule has 3 nitrogen and oxygen atoms in total. The van der Waals surface area contributed by atoms with E-state index in [0.717, 1.165) is 17.7 Å². The lowest BCUT2D eigenvalue weighted by atomic mass is 10.1. The third kappa shape index (κ3) is 2.85. The summed E-state index contributed by atoms with van der Waals surface area (Å²) in [6.07, 6.45) is 1.07. The van der Waals surface area contributed by atoms with E-state index in [4.69, 9.17) is 27.9 Å². The first-order chi connectivity index (χ1) is 8.10.